The summed E-state index contributed by atoms with van der Waals surface area (Å²) < 4.78 is 1.88. The van der Waals surface area contributed by atoms with Crippen LogP contribution in [0.5, 0.6) is 0 Å². The van der Waals surface area contributed by atoms with Crippen molar-refractivity contribution < 1.29 is 0 Å². The van der Waals surface area contributed by atoms with Crippen molar-refractivity contribution in [2.45, 2.75) is 62.3 Å². The molecule has 0 spiro atoms. The van der Waals surface area contributed by atoms with Gasteiger partial charge in [-0.05, 0) is 0 Å². The van der Waals surface area contributed by atoms with Crippen molar-refractivity contribution in [2.24, 2.45) is 0 Å². The van der Waals surface area contributed by atoms with Crippen LogP contribution in [0.15, 0.2) is 12.1 Å². The summed E-state index contributed by atoms with van der Waals surface area (Å²) in [7, 11) is 0. The van der Waals surface area contributed by atoms with Crippen molar-refractivity contribution in [3.63, 3.8) is 0 Å². The molecular weight excluding hydrogens is 362 g/mol. The van der Waals surface area contributed by atoms with Crippen molar-refractivity contribution in [1.29, 1.82) is 0 Å². The normalized spacial score (nSPS) is 17.5. The van der Waals surface area contributed by atoms with Crippen LogP contribution >= 0.6 is 11.6 Å². The quantitative estimate of drug-likeness (QED) is 0.628. The summed E-state index contributed by atoms with van der Waals surface area (Å²) in [4.78, 5) is 4.44. The van der Waals surface area contributed by atoms with Crippen molar-refractivity contribution in [2.75, 3.05) is 5.32 Å². The summed E-state index contributed by atoms with van der Waals surface area (Å²) in [6.07, 6.45) is 6.59. The molecule has 1 fully saturated rings. The summed E-state index contributed by atoms with van der Waals surface area (Å²) >= 11 is 5.55. The second kappa shape index (κ2) is 6.66. The summed E-state index contributed by atoms with van der Waals surface area (Å²) in [5.74, 6) is 0.986. The number of nitrogens with one attached hydrogen (secondary N) is 1. The summed E-state index contributed by atoms with van der Waals surface area (Å²) in [6.45, 7) is 6.96. The van der Waals surface area contributed by atoms with Gasteiger partial charge in [0.2, 0.25) is 0 Å². The monoisotopic (exact) mass is 386 g/mol. The van der Waals surface area contributed by atoms with Crippen LogP contribution in [0.4, 0.5) is 5.82 Å². The number of anilines is 1. The summed E-state index contributed by atoms with van der Waals surface area (Å²) in [6, 6.07) is 4.88. The predicted octanol–water partition coefficient (Wildman–Crippen LogP) is 4.03. The van der Waals surface area contributed by atoms with Gasteiger partial charge in [-0.3, -0.25) is 0 Å². The number of nitrogens with zero attached hydrogens (tertiary/aromatic N) is 1. The molecular formula is C15H23ClN2Sn. The van der Waals surface area contributed by atoms with Crippen LogP contribution < -0.4 is 8.90 Å². The third-order valence-corrected chi connectivity index (χ3v) is 7.25. The van der Waals surface area contributed by atoms with Crippen LogP contribution in [-0.4, -0.2) is 32.2 Å². The van der Waals surface area contributed by atoms with E-state index in [2.05, 4.69) is 43.2 Å². The number of halogens is 1. The Morgan fingerprint density at radius 1 is 1.21 bits per heavy atom. The number of aromatic nitrogens is 1. The minimum atomic E-state index is -0.618. The molecule has 1 aliphatic carbocycles. The van der Waals surface area contributed by atoms with Gasteiger partial charge in [-0.25, -0.2) is 0 Å². The SMILES string of the molecule is C[C](C)(C)[Sn][c]1cc(Cl)nc(NC2CCCCC2)c1. The van der Waals surface area contributed by atoms with Crippen LogP contribution in [0.25, 0.3) is 0 Å². The Balaban J connectivity index is 2.07. The molecule has 1 aromatic rings. The molecule has 2 radical (unpaired) electrons. The first kappa shape index (κ1) is 15.4. The number of pyridine rings is 1. The summed E-state index contributed by atoms with van der Waals surface area (Å²) in [5.41, 5.74) is 0. The van der Waals surface area contributed by atoms with E-state index in [1.807, 2.05) is 0 Å². The summed E-state index contributed by atoms with van der Waals surface area (Å²) in [5, 5.41) is 4.22. The second-order valence-electron chi connectivity index (χ2n) is 6.42. The van der Waals surface area contributed by atoms with Crippen LogP contribution in [0, 0.1) is 0 Å². The first-order valence-electron chi connectivity index (χ1n) is 7.15. The Kier molecular flexibility index (Phi) is 5.41. The fourth-order valence-electron chi connectivity index (χ4n) is 2.53. The molecule has 19 heavy (non-hydrogen) atoms. The standard InChI is InChI=1S/C11H14ClN2.C4H9.Sn/c12-10-7-4-8-11(14-10)13-9-5-2-1-3-6-9;1-4(2)3;/h7-9H,1-3,5-6H2,(H,13,14);1-3H3;. The Morgan fingerprint density at radius 3 is 2.53 bits per heavy atom. The molecule has 1 aliphatic rings. The molecule has 0 aromatic carbocycles. The molecule has 2 rings (SSSR count). The van der Waals surface area contributed by atoms with E-state index < -0.39 is 21.1 Å². The molecule has 104 valence electrons. The van der Waals surface area contributed by atoms with E-state index in [1.54, 1.807) is 0 Å². The third kappa shape index (κ3) is 5.50. The van der Waals surface area contributed by atoms with E-state index in [1.165, 1.54) is 35.7 Å². The predicted molar refractivity (Wildman–Crippen MR) is 84.8 cm³/mol. The van der Waals surface area contributed by atoms with E-state index in [4.69, 9.17) is 11.6 Å². The van der Waals surface area contributed by atoms with Crippen molar-refractivity contribution in [3.05, 3.63) is 17.3 Å². The Hall–Kier alpha value is 0.0387. The molecule has 0 bridgehead atoms. The van der Waals surface area contributed by atoms with Gasteiger partial charge in [0.15, 0.2) is 0 Å². The molecule has 4 heteroatoms. The van der Waals surface area contributed by atoms with E-state index in [-0.39, 0.29) is 0 Å². The van der Waals surface area contributed by atoms with Gasteiger partial charge in [-0.1, -0.05) is 0 Å². The van der Waals surface area contributed by atoms with Gasteiger partial charge in [-0.2, -0.15) is 0 Å². The molecule has 0 aliphatic heterocycles. The topological polar surface area (TPSA) is 24.9 Å². The molecule has 1 saturated carbocycles. The van der Waals surface area contributed by atoms with Gasteiger partial charge in [-0.15, -0.1) is 0 Å². The molecule has 1 heterocycles. The van der Waals surface area contributed by atoms with Gasteiger partial charge in [0.1, 0.15) is 0 Å². The maximum atomic E-state index is 6.17. The Bertz CT molecular complexity index is 423. The number of rotatable bonds is 3. The minimum absolute atomic E-state index is 0.441. The zero-order valence-corrected chi connectivity index (χ0v) is 15.7. The van der Waals surface area contributed by atoms with Gasteiger partial charge in [0.25, 0.3) is 0 Å². The van der Waals surface area contributed by atoms with Gasteiger partial charge >= 0.3 is 132 Å². The van der Waals surface area contributed by atoms with Gasteiger partial charge in [0, 0.05) is 0 Å². The number of hydrogen-bond donors (Lipinski definition) is 1. The van der Waals surface area contributed by atoms with E-state index in [0.717, 1.165) is 5.82 Å². The van der Waals surface area contributed by atoms with Gasteiger partial charge in [0.05, 0.1) is 0 Å². The van der Waals surface area contributed by atoms with E-state index in [0.29, 0.717) is 14.6 Å². The fraction of sp³-hybridized carbons (Fsp3) is 0.667. The van der Waals surface area contributed by atoms with Crippen LogP contribution in [0.1, 0.15) is 52.9 Å². The average molecular weight is 386 g/mol. The average Bonchev–Trinajstić information content (AvgIpc) is 2.26. The van der Waals surface area contributed by atoms with Crippen molar-refractivity contribution in [3.8, 4) is 0 Å². The molecule has 0 unspecified atom stereocenters. The van der Waals surface area contributed by atoms with E-state index in [9.17, 15) is 0 Å². The maximum absolute atomic E-state index is 6.17. The fourth-order valence-corrected chi connectivity index (χ4v) is 6.67. The molecule has 1 N–H and O–H groups in total. The van der Waals surface area contributed by atoms with Crippen LogP contribution in [0.2, 0.25) is 8.58 Å². The first-order chi connectivity index (χ1) is 8.92. The Labute approximate surface area is 131 Å². The first-order valence-corrected chi connectivity index (χ1v) is 10.4. The van der Waals surface area contributed by atoms with Crippen LogP contribution in [0.3, 0.4) is 0 Å². The van der Waals surface area contributed by atoms with Gasteiger partial charge < -0.3 is 0 Å². The molecule has 2 nitrogen and oxygen atoms in total. The zero-order valence-electron chi connectivity index (χ0n) is 12.1. The Morgan fingerprint density at radius 2 is 1.89 bits per heavy atom. The third-order valence-electron chi connectivity index (χ3n) is 3.27. The second-order valence-corrected chi connectivity index (χ2v) is 13.4. The van der Waals surface area contributed by atoms with E-state index >= 15 is 0 Å². The molecule has 1 aromatic heterocycles. The molecule has 0 atom stereocenters. The molecule has 0 amide bonds. The zero-order chi connectivity index (χ0) is 13.9. The van der Waals surface area contributed by atoms with Crippen molar-refractivity contribution >= 4 is 42.1 Å². The molecule has 0 saturated heterocycles. The number of hydrogen-bond acceptors (Lipinski definition) is 2. The van der Waals surface area contributed by atoms with Crippen molar-refractivity contribution in [1.82, 2.24) is 4.98 Å². The van der Waals surface area contributed by atoms with Crippen LogP contribution in [-0.2, 0) is 0 Å².